The number of hydrogen-bond acceptors (Lipinski definition) is 2. The van der Waals surface area contributed by atoms with Gasteiger partial charge in [-0.25, -0.2) is 0 Å². The fraction of sp³-hybridized carbons (Fsp3) is 0.190. The molecule has 4 heteroatoms. The van der Waals surface area contributed by atoms with Crippen LogP contribution in [0.2, 0.25) is 0 Å². The lowest BCUT2D eigenvalue weighted by atomic mass is 9.64. The van der Waals surface area contributed by atoms with Gasteiger partial charge in [-0.3, -0.25) is 0 Å². The van der Waals surface area contributed by atoms with Crippen molar-refractivity contribution < 1.29 is 9.22 Å². The number of anilines is 2. The van der Waals surface area contributed by atoms with Crippen molar-refractivity contribution in [3.63, 3.8) is 0 Å². The zero-order valence-corrected chi connectivity index (χ0v) is 14.4. The number of aromatic nitrogens is 1. The first kappa shape index (κ1) is 13.5. The van der Waals surface area contributed by atoms with Crippen molar-refractivity contribution in [3.8, 4) is 17.0 Å². The third-order valence-corrected chi connectivity index (χ3v) is 5.69. The minimum absolute atomic E-state index is 0.0636. The molecule has 1 aromatic heterocycles. The second-order valence-corrected chi connectivity index (χ2v) is 7.48. The van der Waals surface area contributed by atoms with Crippen molar-refractivity contribution in [2.75, 3.05) is 4.81 Å². The van der Waals surface area contributed by atoms with Gasteiger partial charge in [0.2, 0.25) is 5.69 Å². The van der Waals surface area contributed by atoms with Gasteiger partial charge in [0.1, 0.15) is 11.4 Å². The second kappa shape index (κ2) is 4.45. The van der Waals surface area contributed by atoms with Gasteiger partial charge in [0.15, 0.2) is 12.7 Å². The highest BCUT2D eigenvalue weighted by molar-refractivity contribution is 6.77. The summed E-state index contributed by atoms with van der Waals surface area (Å²) in [5, 5.41) is 0. The smallest absolute Gasteiger partial charge is 0.525 e. The Morgan fingerprint density at radius 3 is 2.80 bits per heavy atom. The highest BCUT2D eigenvalue weighted by atomic mass is 16.5. The highest BCUT2D eigenvalue weighted by Gasteiger charge is 2.50. The second-order valence-electron chi connectivity index (χ2n) is 7.48. The molecule has 0 fully saturated rings. The maximum Gasteiger partial charge on any atom is 0.525 e. The Morgan fingerprint density at radius 2 is 1.92 bits per heavy atom. The van der Waals surface area contributed by atoms with Crippen molar-refractivity contribution >= 4 is 23.9 Å². The van der Waals surface area contributed by atoms with Crippen molar-refractivity contribution in [1.82, 2.24) is 0 Å². The lowest BCUT2D eigenvalue weighted by Crippen LogP contribution is -2.51. The van der Waals surface area contributed by atoms with E-state index in [0.717, 1.165) is 18.0 Å². The first-order chi connectivity index (χ1) is 12.2. The summed E-state index contributed by atoms with van der Waals surface area (Å²) in [7, 11) is -0.0636. The molecule has 0 saturated heterocycles. The lowest BCUT2D eigenvalue weighted by Gasteiger charge is -2.28. The van der Waals surface area contributed by atoms with Gasteiger partial charge in [-0.1, -0.05) is 32.0 Å². The first-order valence-electron chi connectivity index (χ1n) is 8.97. The Balaban J connectivity index is 1.71. The van der Waals surface area contributed by atoms with Gasteiger partial charge in [0.05, 0.1) is 11.3 Å². The average molecular weight is 325 g/mol. The monoisotopic (exact) mass is 325 g/mol. The molecule has 3 aromatic rings. The summed E-state index contributed by atoms with van der Waals surface area (Å²) in [6, 6.07) is 17.5. The molecule has 25 heavy (non-hydrogen) atoms. The van der Waals surface area contributed by atoms with Crippen LogP contribution in [0.25, 0.3) is 11.3 Å². The van der Waals surface area contributed by atoms with E-state index in [1.165, 1.54) is 33.5 Å². The average Bonchev–Trinajstić information content (AvgIpc) is 3.19. The molecule has 0 spiro atoms. The molecule has 6 rings (SSSR count). The lowest BCUT2D eigenvalue weighted by molar-refractivity contribution is -0.671. The molecule has 3 aliphatic rings. The van der Waals surface area contributed by atoms with Crippen LogP contribution in [0.15, 0.2) is 54.7 Å². The summed E-state index contributed by atoms with van der Waals surface area (Å²) in [5.74, 6) is 1.48. The van der Waals surface area contributed by atoms with Gasteiger partial charge in [-0.2, -0.15) is 4.57 Å². The largest absolute Gasteiger partial charge is 0.536 e. The van der Waals surface area contributed by atoms with E-state index in [1.807, 2.05) is 6.07 Å². The minimum atomic E-state index is -0.0636. The summed E-state index contributed by atoms with van der Waals surface area (Å²) < 4.78 is 8.80. The molecular formula is C21H18BN2O+. The molecule has 0 unspecified atom stereocenters. The van der Waals surface area contributed by atoms with E-state index in [-0.39, 0.29) is 7.05 Å². The molecule has 0 aliphatic carbocycles. The molecule has 0 amide bonds. The zero-order chi connectivity index (χ0) is 16.7. The Kier molecular flexibility index (Phi) is 2.41. The number of rotatable bonds is 1. The van der Waals surface area contributed by atoms with Gasteiger partial charge in [-0.15, -0.1) is 0 Å². The number of pyridine rings is 1. The fourth-order valence-corrected chi connectivity index (χ4v) is 4.53. The van der Waals surface area contributed by atoms with Gasteiger partial charge in [-0.05, 0) is 35.7 Å². The van der Waals surface area contributed by atoms with Crippen LogP contribution in [0.1, 0.15) is 30.9 Å². The molecule has 0 saturated carbocycles. The van der Waals surface area contributed by atoms with E-state index in [0.29, 0.717) is 5.92 Å². The van der Waals surface area contributed by atoms with Gasteiger partial charge >= 0.3 is 7.05 Å². The van der Waals surface area contributed by atoms with Crippen molar-refractivity contribution in [3.05, 3.63) is 65.9 Å². The summed E-state index contributed by atoms with van der Waals surface area (Å²) >= 11 is 0. The molecule has 0 N–H and O–H groups in total. The third kappa shape index (κ3) is 1.60. The number of fused-ring (bicyclic) bond motifs is 5. The fourth-order valence-electron chi connectivity index (χ4n) is 4.53. The van der Waals surface area contributed by atoms with E-state index in [9.17, 15) is 0 Å². The summed E-state index contributed by atoms with van der Waals surface area (Å²) in [4.78, 5) is 2.36. The molecule has 0 atom stereocenters. The molecule has 4 heterocycles. The van der Waals surface area contributed by atoms with Gasteiger partial charge in [0.25, 0.3) is 0 Å². The molecular weight excluding hydrogens is 307 g/mol. The topological polar surface area (TPSA) is 16.4 Å². The highest BCUT2D eigenvalue weighted by Crippen LogP contribution is 2.47. The summed E-state index contributed by atoms with van der Waals surface area (Å²) in [6.07, 6.45) is 2.20. The standard InChI is InChI=1S/C21H18BN2O/c1-13(2)14-10-15-12-23-9-5-7-18-21(23)20(15)16(11-14)22-24(18)17-6-3-4-8-19(17)25-22/h3-11,13H,12H2,1-2H3/q+1. The molecule has 3 aliphatic heterocycles. The Labute approximate surface area is 147 Å². The first-order valence-corrected chi connectivity index (χ1v) is 8.97. The van der Waals surface area contributed by atoms with E-state index in [4.69, 9.17) is 4.65 Å². The van der Waals surface area contributed by atoms with Crippen LogP contribution in [-0.2, 0) is 6.54 Å². The molecule has 0 radical (unpaired) electrons. The predicted octanol–water partition coefficient (Wildman–Crippen LogP) is 3.37. The summed E-state index contributed by atoms with van der Waals surface area (Å²) in [5.41, 5.74) is 9.25. The Morgan fingerprint density at radius 1 is 1.08 bits per heavy atom. The molecule has 0 bridgehead atoms. The quantitative estimate of drug-likeness (QED) is 0.394. The molecule has 2 aromatic carbocycles. The van der Waals surface area contributed by atoms with Crippen LogP contribution in [0.5, 0.6) is 5.75 Å². The maximum atomic E-state index is 6.42. The zero-order valence-electron chi connectivity index (χ0n) is 14.4. The van der Waals surface area contributed by atoms with Gasteiger partial charge < -0.3 is 9.47 Å². The van der Waals surface area contributed by atoms with E-state index in [1.54, 1.807) is 0 Å². The van der Waals surface area contributed by atoms with Gasteiger partial charge in [0, 0.05) is 17.1 Å². The Bertz CT molecular complexity index is 1060. The van der Waals surface area contributed by atoms with Crippen molar-refractivity contribution in [2.45, 2.75) is 26.3 Å². The molecule has 120 valence electrons. The molecule has 3 nitrogen and oxygen atoms in total. The van der Waals surface area contributed by atoms with Crippen LogP contribution >= 0.6 is 0 Å². The minimum Gasteiger partial charge on any atom is -0.536 e. The summed E-state index contributed by atoms with van der Waals surface area (Å²) in [6.45, 7) is 5.48. The number of para-hydroxylation sites is 2. The third-order valence-electron chi connectivity index (χ3n) is 5.69. The maximum absolute atomic E-state index is 6.42. The van der Waals surface area contributed by atoms with E-state index in [2.05, 4.69) is 71.9 Å². The SMILES string of the molecule is CC(C)c1cc2c3c(c1)B1Oc4ccccc4N1c1ccc[n+](c1-3)C2. The van der Waals surface area contributed by atoms with Crippen LogP contribution in [-0.4, -0.2) is 7.05 Å². The van der Waals surface area contributed by atoms with Crippen molar-refractivity contribution in [1.29, 1.82) is 0 Å². The van der Waals surface area contributed by atoms with Crippen LogP contribution in [0, 0.1) is 0 Å². The van der Waals surface area contributed by atoms with Crippen LogP contribution in [0.4, 0.5) is 11.4 Å². The number of nitrogens with zero attached hydrogens (tertiary/aromatic N) is 2. The normalized spacial score (nSPS) is 15.2. The number of hydrogen-bond donors (Lipinski definition) is 0. The van der Waals surface area contributed by atoms with Crippen molar-refractivity contribution in [2.24, 2.45) is 0 Å². The van der Waals surface area contributed by atoms with Crippen LogP contribution in [0.3, 0.4) is 0 Å². The van der Waals surface area contributed by atoms with E-state index >= 15 is 0 Å². The van der Waals surface area contributed by atoms with E-state index < -0.39 is 0 Å². The number of benzene rings is 2. The van der Waals surface area contributed by atoms with Crippen LogP contribution < -0.4 is 19.5 Å². The predicted molar refractivity (Wildman–Crippen MR) is 99.9 cm³/mol. The Hall–Kier alpha value is -2.75.